The molecule has 86 valence electrons. The van der Waals surface area contributed by atoms with Crippen LogP contribution in [0.3, 0.4) is 0 Å². The van der Waals surface area contributed by atoms with Crippen LogP contribution in [0.2, 0.25) is 5.02 Å². The van der Waals surface area contributed by atoms with Crippen molar-refractivity contribution in [3.05, 3.63) is 14.6 Å². The van der Waals surface area contributed by atoms with Crippen molar-refractivity contribution in [1.29, 1.82) is 0 Å². The predicted octanol–water partition coefficient (Wildman–Crippen LogP) is 3.26. The maximum Gasteiger partial charge on any atom is 0.262 e. The Morgan fingerprint density at radius 3 is 2.47 bits per heavy atom. The molecule has 0 N–H and O–H groups in total. The summed E-state index contributed by atoms with van der Waals surface area (Å²) in [5, 5.41) is 0.412. The van der Waals surface area contributed by atoms with Crippen molar-refractivity contribution in [2.75, 3.05) is 25.4 Å². The van der Waals surface area contributed by atoms with Crippen LogP contribution in [-0.2, 0) is 0 Å². The molecule has 1 aromatic rings. The van der Waals surface area contributed by atoms with E-state index in [0.29, 0.717) is 5.02 Å². The van der Waals surface area contributed by atoms with Gasteiger partial charge in [0.2, 0.25) is 0 Å². The van der Waals surface area contributed by atoms with Gasteiger partial charge >= 0.3 is 0 Å². The molecule has 0 spiro atoms. The third-order valence-electron chi connectivity index (χ3n) is 2.09. The van der Waals surface area contributed by atoms with Crippen LogP contribution in [0.25, 0.3) is 0 Å². The van der Waals surface area contributed by atoms with Crippen LogP contribution < -0.4 is 4.74 Å². The van der Waals surface area contributed by atoms with Gasteiger partial charge < -0.3 is 4.90 Å². The summed E-state index contributed by atoms with van der Waals surface area (Å²) in [4.78, 5) is 13.5. The van der Waals surface area contributed by atoms with Crippen LogP contribution in [0.5, 0.6) is 0 Å². The molecule has 6 heteroatoms. The monoisotopic (exact) mass is 283 g/mol. The van der Waals surface area contributed by atoms with Gasteiger partial charge in [0, 0.05) is 12.3 Å². The van der Waals surface area contributed by atoms with Crippen molar-refractivity contribution >= 4 is 44.0 Å². The molecule has 0 atom stereocenters. The van der Waals surface area contributed by atoms with E-state index < -0.39 is 0 Å². The minimum Gasteiger partial charge on any atom is -0.303 e. The molecule has 0 saturated carbocycles. The number of hydrogen-bond donors (Lipinski definition) is 0. The Bertz CT molecular complexity index is 345. The molecule has 1 heterocycles. The fourth-order valence-corrected chi connectivity index (χ4v) is 5.31. The standard InChI is InChI=1S/C9H14ClNOS3/c1-3-11(4-2)5-6-13-9-7(10)8(12)14-15-9/h3-6H2,1-2H3. The van der Waals surface area contributed by atoms with E-state index in [-0.39, 0.29) is 4.74 Å². The molecule has 0 aliphatic rings. The molecule has 0 fully saturated rings. The molecule has 0 saturated heterocycles. The molecule has 0 unspecified atom stereocenters. The topological polar surface area (TPSA) is 20.3 Å². The second-order valence-corrected chi connectivity index (χ2v) is 6.78. The van der Waals surface area contributed by atoms with Gasteiger partial charge in [-0.25, -0.2) is 0 Å². The molecule has 0 radical (unpaired) electrons. The Hall–Kier alpha value is 0.450. The van der Waals surface area contributed by atoms with E-state index in [4.69, 9.17) is 11.6 Å². The molecule has 0 bridgehead atoms. The Kier molecular flexibility index (Phi) is 6.23. The highest BCUT2D eigenvalue weighted by Crippen LogP contribution is 2.31. The van der Waals surface area contributed by atoms with Crippen LogP contribution in [0.15, 0.2) is 9.00 Å². The normalized spacial score (nSPS) is 11.2. The summed E-state index contributed by atoms with van der Waals surface area (Å²) in [6.07, 6.45) is 0. The van der Waals surface area contributed by atoms with Crippen molar-refractivity contribution in [2.45, 2.75) is 18.1 Å². The first-order valence-electron chi connectivity index (χ1n) is 4.82. The first-order valence-corrected chi connectivity index (χ1v) is 8.34. The van der Waals surface area contributed by atoms with Gasteiger partial charge in [0.15, 0.2) is 0 Å². The van der Waals surface area contributed by atoms with Gasteiger partial charge in [0.1, 0.15) is 5.02 Å². The molecule has 1 aromatic heterocycles. The van der Waals surface area contributed by atoms with E-state index >= 15 is 0 Å². The van der Waals surface area contributed by atoms with E-state index in [1.165, 1.54) is 20.7 Å². The summed E-state index contributed by atoms with van der Waals surface area (Å²) in [7, 11) is 2.71. The van der Waals surface area contributed by atoms with Gasteiger partial charge in [0.05, 0.1) is 4.21 Å². The first-order chi connectivity index (χ1) is 7.19. The van der Waals surface area contributed by atoms with Gasteiger partial charge in [-0.1, -0.05) is 35.8 Å². The van der Waals surface area contributed by atoms with Gasteiger partial charge in [-0.2, -0.15) is 0 Å². The van der Waals surface area contributed by atoms with E-state index in [0.717, 1.165) is 29.6 Å². The Labute approximate surface area is 107 Å². The van der Waals surface area contributed by atoms with Crippen LogP contribution in [-0.4, -0.2) is 30.3 Å². The zero-order valence-electron chi connectivity index (χ0n) is 8.79. The lowest BCUT2D eigenvalue weighted by atomic mass is 10.5. The van der Waals surface area contributed by atoms with E-state index in [2.05, 4.69) is 18.7 Å². The second-order valence-electron chi connectivity index (χ2n) is 2.93. The maximum absolute atomic E-state index is 11.1. The molecule has 0 aromatic carbocycles. The van der Waals surface area contributed by atoms with E-state index in [1.807, 2.05) is 0 Å². The van der Waals surface area contributed by atoms with Crippen LogP contribution >= 0.6 is 44.0 Å². The third-order valence-corrected chi connectivity index (χ3v) is 6.55. The van der Waals surface area contributed by atoms with Crippen molar-refractivity contribution in [3.63, 3.8) is 0 Å². The average Bonchev–Trinajstić information content (AvgIpc) is 2.56. The minimum atomic E-state index is -0.00740. The molecule has 2 nitrogen and oxygen atoms in total. The zero-order valence-corrected chi connectivity index (χ0v) is 12.0. The summed E-state index contributed by atoms with van der Waals surface area (Å²) in [5.41, 5.74) is 0. The lowest BCUT2D eigenvalue weighted by Crippen LogP contribution is -2.25. The number of hydrogen-bond acceptors (Lipinski definition) is 5. The Balaban J connectivity index is 2.38. The van der Waals surface area contributed by atoms with E-state index in [9.17, 15) is 4.79 Å². The molecular weight excluding hydrogens is 270 g/mol. The highest BCUT2D eigenvalue weighted by molar-refractivity contribution is 8.02. The van der Waals surface area contributed by atoms with Gasteiger partial charge in [-0.05, 0) is 23.4 Å². The van der Waals surface area contributed by atoms with E-state index in [1.54, 1.807) is 11.8 Å². The van der Waals surface area contributed by atoms with Crippen LogP contribution in [0.1, 0.15) is 13.8 Å². The zero-order chi connectivity index (χ0) is 11.3. The second kappa shape index (κ2) is 6.91. The fourth-order valence-electron chi connectivity index (χ4n) is 1.13. The summed E-state index contributed by atoms with van der Waals surface area (Å²) < 4.78 is 0.964. The first kappa shape index (κ1) is 13.5. The number of thioether (sulfide) groups is 1. The Morgan fingerprint density at radius 2 is 2.00 bits per heavy atom. The summed E-state index contributed by atoms with van der Waals surface area (Å²) in [5.74, 6) is 0.994. The minimum absolute atomic E-state index is 0.00740. The number of halogens is 1. The van der Waals surface area contributed by atoms with Gasteiger partial charge in [0.25, 0.3) is 4.74 Å². The Morgan fingerprint density at radius 1 is 1.33 bits per heavy atom. The lowest BCUT2D eigenvalue weighted by molar-refractivity contribution is 0.324. The quantitative estimate of drug-likeness (QED) is 0.590. The third kappa shape index (κ3) is 4.07. The lowest BCUT2D eigenvalue weighted by Gasteiger charge is -2.16. The summed E-state index contributed by atoms with van der Waals surface area (Å²) in [6.45, 7) is 7.51. The highest BCUT2D eigenvalue weighted by atomic mass is 35.5. The molecule has 0 amide bonds. The molecule has 0 aliphatic heterocycles. The fraction of sp³-hybridized carbons (Fsp3) is 0.667. The molecule has 1 rings (SSSR count). The highest BCUT2D eigenvalue weighted by Gasteiger charge is 2.09. The number of rotatable bonds is 6. The van der Waals surface area contributed by atoms with Crippen LogP contribution in [0.4, 0.5) is 0 Å². The molecule has 0 aliphatic carbocycles. The van der Waals surface area contributed by atoms with Crippen molar-refractivity contribution < 1.29 is 0 Å². The SMILES string of the molecule is CCN(CC)CCSc1ssc(=O)c1Cl. The summed E-state index contributed by atoms with van der Waals surface area (Å²) >= 11 is 7.55. The maximum atomic E-state index is 11.1. The van der Waals surface area contributed by atoms with Gasteiger partial charge in [-0.3, -0.25) is 4.79 Å². The summed E-state index contributed by atoms with van der Waals surface area (Å²) in [6, 6.07) is 0. The molecular formula is C9H14ClNOS3. The van der Waals surface area contributed by atoms with Crippen molar-refractivity contribution in [2.24, 2.45) is 0 Å². The average molecular weight is 284 g/mol. The van der Waals surface area contributed by atoms with Crippen molar-refractivity contribution in [3.8, 4) is 0 Å². The van der Waals surface area contributed by atoms with Gasteiger partial charge in [-0.15, -0.1) is 11.8 Å². The number of nitrogens with zero attached hydrogens (tertiary/aromatic N) is 1. The largest absolute Gasteiger partial charge is 0.303 e. The van der Waals surface area contributed by atoms with Crippen molar-refractivity contribution in [1.82, 2.24) is 4.90 Å². The molecule has 15 heavy (non-hydrogen) atoms. The smallest absolute Gasteiger partial charge is 0.262 e. The van der Waals surface area contributed by atoms with Crippen LogP contribution in [0, 0.1) is 0 Å². The predicted molar refractivity (Wildman–Crippen MR) is 72.0 cm³/mol.